The highest BCUT2D eigenvalue weighted by Gasteiger charge is 2.20. The zero-order chi connectivity index (χ0) is 20.7. The number of thiophene rings is 1. The first kappa shape index (κ1) is 25.1. The van der Waals surface area contributed by atoms with Gasteiger partial charge in [-0.15, -0.1) is 35.3 Å². The fourth-order valence-corrected chi connectivity index (χ4v) is 5.44. The summed E-state index contributed by atoms with van der Waals surface area (Å²) in [5, 5.41) is 5.02. The summed E-state index contributed by atoms with van der Waals surface area (Å²) in [6, 6.07) is 12.0. The van der Waals surface area contributed by atoms with Gasteiger partial charge in [-0.1, -0.05) is 35.9 Å². The minimum Gasteiger partial charge on any atom is -0.355 e. The average molecular weight is 564 g/mol. The zero-order valence-corrected chi connectivity index (χ0v) is 21.3. The Morgan fingerprint density at radius 1 is 1.13 bits per heavy atom. The monoisotopic (exact) mass is 563 g/mol. The molecular formula is C20H30IN5O2S2. The number of rotatable bonds is 7. The van der Waals surface area contributed by atoms with Gasteiger partial charge in [0.1, 0.15) is 4.21 Å². The van der Waals surface area contributed by atoms with Gasteiger partial charge in [-0.2, -0.15) is 0 Å². The maximum absolute atomic E-state index is 12.1. The lowest BCUT2D eigenvalue weighted by Crippen LogP contribution is -2.52. The van der Waals surface area contributed by atoms with Crippen LogP contribution in [0.4, 0.5) is 0 Å². The second kappa shape index (κ2) is 12.0. The highest BCUT2D eigenvalue weighted by atomic mass is 127. The second-order valence-corrected chi connectivity index (χ2v) is 10.00. The van der Waals surface area contributed by atoms with E-state index in [0.717, 1.165) is 38.7 Å². The smallest absolute Gasteiger partial charge is 0.250 e. The van der Waals surface area contributed by atoms with Crippen LogP contribution in [0.5, 0.6) is 0 Å². The summed E-state index contributed by atoms with van der Waals surface area (Å²) in [7, 11) is -1.66. The summed E-state index contributed by atoms with van der Waals surface area (Å²) in [6.45, 7) is 7.62. The molecule has 7 nitrogen and oxygen atoms in total. The van der Waals surface area contributed by atoms with E-state index < -0.39 is 10.0 Å². The lowest BCUT2D eigenvalue weighted by atomic mass is 10.1. The third-order valence-electron chi connectivity index (χ3n) is 4.83. The summed E-state index contributed by atoms with van der Waals surface area (Å²) in [6.07, 6.45) is 0. The van der Waals surface area contributed by atoms with E-state index in [0.29, 0.717) is 17.3 Å². The van der Waals surface area contributed by atoms with Gasteiger partial charge in [0, 0.05) is 52.9 Å². The van der Waals surface area contributed by atoms with Crippen LogP contribution >= 0.6 is 35.3 Å². The SMILES string of the molecule is CN=C(NCCNS(=O)(=O)c1cccs1)N1CCN(Cc2cccc(C)c2)CC1.I. The Balaban J connectivity index is 0.00000320. The number of benzene rings is 1. The van der Waals surface area contributed by atoms with Gasteiger partial charge in [0.05, 0.1) is 0 Å². The molecule has 0 amide bonds. The summed E-state index contributed by atoms with van der Waals surface area (Å²) >= 11 is 1.22. The standard InChI is InChI=1S/C20H29N5O2S2.HI/c1-17-5-3-6-18(15-17)16-24-10-12-25(13-11-24)20(21-2)22-8-9-23-29(26,27)19-7-4-14-28-19;/h3-7,14-15,23H,8-13,16H2,1-2H3,(H,21,22);1H. The molecule has 2 aromatic rings. The van der Waals surface area contributed by atoms with Crippen LogP contribution in [0.2, 0.25) is 0 Å². The van der Waals surface area contributed by atoms with Gasteiger partial charge in [-0.3, -0.25) is 9.89 Å². The Morgan fingerprint density at radius 2 is 1.90 bits per heavy atom. The minimum absolute atomic E-state index is 0. The number of aryl methyl sites for hydroxylation is 1. The van der Waals surface area contributed by atoms with Crippen molar-refractivity contribution in [1.82, 2.24) is 19.8 Å². The zero-order valence-electron chi connectivity index (χ0n) is 17.4. The third kappa shape index (κ3) is 7.19. The van der Waals surface area contributed by atoms with Gasteiger partial charge in [0.2, 0.25) is 10.0 Å². The Hall–Kier alpha value is -1.21. The molecule has 1 fully saturated rings. The van der Waals surface area contributed by atoms with Crippen molar-refractivity contribution in [1.29, 1.82) is 0 Å². The molecule has 0 atom stereocenters. The topological polar surface area (TPSA) is 77.0 Å². The van der Waals surface area contributed by atoms with Gasteiger partial charge in [-0.25, -0.2) is 13.1 Å². The van der Waals surface area contributed by atoms with Crippen molar-refractivity contribution >= 4 is 51.3 Å². The van der Waals surface area contributed by atoms with E-state index in [2.05, 4.69) is 56.0 Å². The number of nitrogens with zero attached hydrogens (tertiary/aromatic N) is 3. The summed E-state index contributed by atoms with van der Waals surface area (Å²) in [5.74, 6) is 0.815. The highest BCUT2D eigenvalue weighted by molar-refractivity contribution is 14.0. The Bertz CT molecular complexity index is 911. The van der Waals surface area contributed by atoms with Crippen LogP contribution in [0.3, 0.4) is 0 Å². The molecular weight excluding hydrogens is 533 g/mol. The van der Waals surface area contributed by atoms with Gasteiger partial charge in [-0.05, 0) is 23.9 Å². The molecule has 0 aliphatic carbocycles. The largest absolute Gasteiger partial charge is 0.355 e. The number of aliphatic imine (C=N–C) groups is 1. The molecule has 1 aliphatic heterocycles. The number of sulfonamides is 1. The molecule has 2 heterocycles. The number of nitrogens with one attached hydrogen (secondary N) is 2. The van der Waals surface area contributed by atoms with Crippen molar-refractivity contribution in [3.63, 3.8) is 0 Å². The molecule has 0 unspecified atom stereocenters. The predicted octanol–water partition coefficient (Wildman–Crippen LogP) is 2.35. The van der Waals surface area contributed by atoms with Crippen molar-refractivity contribution in [3.8, 4) is 0 Å². The van der Waals surface area contributed by atoms with Crippen molar-refractivity contribution in [3.05, 3.63) is 52.9 Å². The van der Waals surface area contributed by atoms with Crippen LogP contribution in [-0.2, 0) is 16.6 Å². The molecule has 1 aromatic heterocycles. The van der Waals surface area contributed by atoms with E-state index >= 15 is 0 Å². The van der Waals surface area contributed by atoms with Crippen LogP contribution < -0.4 is 10.0 Å². The molecule has 0 bridgehead atoms. The third-order valence-corrected chi connectivity index (χ3v) is 7.69. The number of hydrogen-bond acceptors (Lipinski definition) is 5. The predicted molar refractivity (Wildman–Crippen MR) is 134 cm³/mol. The van der Waals surface area contributed by atoms with E-state index in [1.807, 2.05) is 0 Å². The van der Waals surface area contributed by atoms with Gasteiger partial charge in [0.25, 0.3) is 0 Å². The van der Waals surface area contributed by atoms with Crippen molar-refractivity contribution in [2.45, 2.75) is 17.7 Å². The van der Waals surface area contributed by atoms with Crippen LogP contribution in [0, 0.1) is 6.92 Å². The second-order valence-electron chi connectivity index (χ2n) is 7.06. The number of guanidine groups is 1. The van der Waals surface area contributed by atoms with E-state index in [-0.39, 0.29) is 24.0 Å². The van der Waals surface area contributed by atoms with Gasteiger partial charge < -0.3 is 10.2 Å². The van der Waals surface area contributed by atoms with Crippen LogP contribution in [-0.4, -0.2) is 70.5 Å². The van der Waals surface area contributed by atoms with Crippen molar-refractivity contribution in [2.24, 2.45) is 4.99 Å². The summed E-state index contributed by atoms with van der Waals surface area (Å²) < 4.78 is 27.2. The molecule has 1 aliphatic rings. The molecule has 0 saturated carbocycles. The Kier molecular flexibility index (Phi) is 10.0. The summed E-state index contributed by atoms with van der Waals surface area (Å²) in [5.41, 5.74) is 2.64. The van der Waals surface area contributed by atoms with Gasteiger partial charge in [0.15, 0.2) is 5.96 Å². The molecule has 10 heteroatoms. The van der Waals surface area contributed by atoms with Crippen molar-refractivity contribution in [2.75, 3.05) is 46.3 Å². The van der Waals surface area contributed by atoms with E-state index in [1.54, 1.807) is 24.6 Å². The fraction of sp³-hybridized carbons (Fsp3) is 0.450. The van der Waals surface area contributed by atoms with Crippen LogP contribution in [0.15, 0.2) is 51.0 Å². The first-order valence-corrected chi connectivity index (χ1v) is 12.1. The van der Waals surface area contributed by atoms with Crippen molar-refractivity contribution < 1.29 is 8.42 Å². The molecule has 1 saturated heterocycles. The van der Waals surface area contributed by atoms with E-state index in [1.165, 1.54) is 22.5 Å². The highest BCUT2D eigenvalue weighted by Crippen LogP contribution is 2.15. The Morgan fingerprint density at radius 3 is 2.53 bits per heavy atom. The van der Waals surface area contributed by atoms with Crippen LogP contribution in [0.1, 0.15) is 11.1 Å². The molecule has 30 heavy (non-hydrogen) atoms. The van der Waals surface area contributed by atoms with E-state index in [9.17, 15) is 8.42 Å². The lowest BCUT2D eigenvalue weighted by molar-refractivity contribution is 0.172. The molecule has 166 valence electrons. The average Bonchev–Trinajstić information content (AvgIpc) is 3.25. The number of halogens is 1. The molecule has 3 rings (SSSR count). The molecule has 1 aromatic carbocycles. The number of piperazine rings is 1. The molecule has 0 radical (unpaired) electrons. The maximum Gasteiger partial charge on any atom is 0.250 e. The maximum atomic E-state index is 12.1. The Labute approximate surface area is 200 Å². The summed E-state index contributed by atoms with van der Waals surface area (Å²) in [4.78, 5) is 9.03. The minimum atomic E-state index is -3.42. The fourth-order valence-electron chi connectivity index (χ4n) is 3.37. The first-order chi connectivity index (χ1) is 14.0. The lowest BCUT2D eigenvalue weighted by Gasteiger charge is -2.36. The normalized spacial score (nSPS) is 15.7. The van der Waals surface area contributed by atoms with Gasteiger partial charge >= 0.3 is 0 Å². The molecule has 2 N–H and O–H groups in total. The first-order valence-electron chi connectivity index (χ1n) is 9.74. The van der Waals surface area contributed by atoms with Crippen LogP contribution in [0.25, 0.3) is 0 Å². The number of hydrogen-bond donors (Lipinski definition) is 2. The van der Waals surface area contributed by atoms with E-state index in [4.69, 9.17) is 0 Å². The quantitative estimate of drug-likeness (QED) is 0.234. The molecule has 0 spiro atoms.